The second-order valence-corrected chi connectivity index (χ2v) is 13.7. The summed E-state index contributed by atoms with van der Waals surface area (Å²) in [5, 5.41) is 33.8. The van der Waals surface area contributed by atoms with Crippen LogP contribution >= 0.6 is 0 Å². The van der Waals surface area contributed by atoms with Crippen LogP contribution in [0, 0.1) is 46.3 Å². The van der Waals surface area contributed by atoms with Gasteiger partial charge in [-0.3, -0.25) is 4.79 Å². The SMILES string of the molecule is C[C@H](CCC(=O)NCc1ccc(C(=O)O)cc1)C1CCC2[C@H]3C(CC[C@@]21C)[C@@]1(C)CC[C@@H](O)C[C@H]1C[C@@H]3O. The fourth-order valence-electron chi connectivity index (χ4n) is 9.79. The minimum Gasteiger partial charge on any atom is -0.478 e. The molecule has 0 aromatic heterocycles. The smallest absolute Gasteiger partial charge is 0.335 e. The number of rotatable bonds is 7. The molecule has 4 aliphatic rings. The van der Waals surface area contributed by atoms with Crippen molar-refractivity contribution in [2.75, 3.05) is 0 Å². The lowest BCUT2D eigenvalue weighted by Gasteiger charge is -2.62. The van der Waals surface area contributed by atoms with Crippen LogP contribution < -0.4 is 5.32 Å². The summed E-state index contributed by atoms with van der Waals surface area (Å²) in [6.45, 7) is 7.67. The molecule has 4 aliphatic carbocycles. The number of aromatic carboxylic acids is 1. The van der Waals surface area contributed by atoms with Crippen molar-refractivity contribution in [1.29, 1.82) is 0 Å². The van der Waals surface area contributed by atoms with Gasteiger partial charge in [0.15, 0.2) is 0 Å². The molecule has 1 aromatic carbocycles. The lowest BCUT2D eigenvalue weighted by atomic mass is 9.43. The molecular weight excluding hydrogens is 478 g/mol. The van der Waals surface area contributed by atoms with Gasteiger partial charge in [0.2, 0.25) is 5.91 Å². The van der Waals surface area contributed by atoms with Gasteiger partial charge in [0.25, 0.3) is 0 Å². The molecule has 1 aromatic rings. The van der Waals surface area contributed by atoms with Gasteiger partial charge in [-0.05, 0) is 122 Å². The largest absolute Gasteiger partial charge is 0.478 e. The summed E-state index contributed by atoms with van der Waals surface area (Å²) in [5.74, 6) is 2.06. The van der Waals surface area contributed by atoms with Crippen LogP contribution in [0.5, 0.6) is 0 Å². The number of amides is 1. The van der Waals surface area contributed by atoms with Crippen molar-refractivity contribution in [2.45, 2.75) is 104 Å². The zero-order valence-corrected chi connectivity index (χ0v) is 23.4. The van der Waals surface area contributed by atoms with E-state index < -0.39 is 5.97 Å². The Morgan fingerprint density at radius 2 is 1.66 bits per heavy atom. The van der Waals surface area contributed by atoms with E-state index in [1.807, 2.05) is 0 Å². The summed E-state index contributed by atoms with van der Waals surface area (Å²) in [5.41, 5.74) is 1.62. The first-order chi connectivity index (χ1) is 18.0. The average molecular weight is 526 g/mol. The first-order valence-electron chi connectivity index (χ1n) is 15.0. The van der Waals surface area contributed by atoms with E-state index >= 15 is 0 Å². The molecule has 4 fully saturated rings. The third kappa shape index (κ3) is 4.92. The predicted molar refractivity (Wildman–Crippen MR) is 146 cm³/mol. The number of carboxylic acid groups (broad SMARTS) is 1. The maximum absolute atomic E-state index is 12.6. The summed E-state index contributed by atoms with van der Waals surface area (Å²) in [7, 11) is 0. The predicted octanol–water partition coefficient (Wildman–Crippen LogP) is 5.41. The highest BCUT2D eigenvalue weighted by Crippen LogP contribution is 2.68. The zero-order valence-electron chi connectivity index (χ0n) is 23.4. The summed E-state index contributed by atoms with van der Waals surface area (Å²) >= 11 is 0. The number of hydrogen-bond donors (Lipinski definition) is 4. The first-order valence-corrected chi connectivity index (χ1v) is 15.0. The van der Waals surface area contributed by atoms with Crippen molar-refractivity contribution >= 4 is 11.9 Å². The Kier molecular flexibility index (Phi) is 7.69. The van der Waals surface area contributed by atoms with Crippen molar-refractivity contribution in [3.63, 3.8) is 0 Å². The van der Waals surface area contributed by atoms with E-state index in [4.69, 9.17) is 5.11 Å². The van der Waals surface area contributed by atoms with Gasteiger partial charge in [0.05, 0.1) is 17.8 Å². The van der Waals surface area contributed by atoms with E-state index in [0.717, 1.165) is 37.7 Å². The fourth-order valence-corrected chi connectivity index (χ4v) is 9.79. The molecule has 38 heavy (non-hydrogen) atoms. The molecule has 0 bridgehead atoms. The molecule has 4 N–H and O–H groups in total. The molecular formula is C32H47NO5. The van der Waals surface area contributed by atoms with Crippen LogP contribution in [-0.2, 0) is 11.3 Å². The Hall–Kier alpha value is -1.92. The summed E-state index contributed by atoms with van der Waals surface area (Å²) in [6.07, 6.45) is 9.39. The maximum atomic E-state index is 12.6. The highest BCUT2D eigenvalue weighted by molar-refractivity contribution is 5.87. The maximum Gasteiger partial charge on any atom is 0.335 e. The Bertz CT molecular complexity index is 1030. The van der Waals surface area contributed by atoms with Gasteiger partial charge < -0.3 is 20.6 Å². The second kappa shape index (κ2) is 10.6. The van der Waals surface area contributed by atoms with Gasteiger partial charge in [-0.1, -0.05) is 32.9 Å². The van der Waals surface area contributed by atoms with Crippen LogP contribution in [0.15, 0.2) is 24.3 Å². The molecule has 5 rings (SSSR count). The van der Waals surface area contributed by atoms with Crippen LogP contribution in [0.2, 0.25) is 0 Å². The number of aliphatic hydroxyl groups is 2. The number of aliphatic hydroxyl groups excluding tert-OH is 2. The summed E-state index contributed by atoms with van der Waals surface area (Å²) < 4.78 is 0. The molecule has 0 aliphatic heterocycles. The highest BCUT2D eigenvalue weighted by atomic mass is 16.4. The van der Waals surface area contributed by atoms with E-state index in [2.05, 4.69) is 26.1 Å². The van der Waals surface area contributed by atoms with Crippen LogP contribution in [0.25, 0.3) is 0 Å². The number of hydrogen-bond acceptors (Lipinski definition) is 4. The Balaban J connectivity index is 1.17. The lowest BCUT2D eigenvalue weighted by molar-refractivity contribution is -0.174. The number of fused-ring (bicyclic) bond motifs is 5. The third-order valence-electron chi connectivity index (χ3n) is 11.9. The van der Waals surface area contributed by atoms with Gasteiger partial charge in [-0.25, -0.2) is 4.79 Å². The molecule has 210 valence electrons. The van der Waals surface area contributed by atoms with Gasteiger partial charge >= 0.3 is 5.97 Å². The van der Waals surface area contributed by atoms with Crippen molar-refractivity contribution in [3.8, 4) is 0 Å². The van der Waals surface area contributed by atoms with Crippen molar-refractivity contribution in [3.05, 3.63) is 35.4 Å². The molecule has 6 heteroatoms. The van der Waals surface area contributed by atoms with Crippen LogP contribution in [0.3, 0.4) is 0 Å². The number of carbonyl (C=O) groups is 2. The number of carbonyl (C=O) groups excluding carboxylic acids is 1. The quantitative estimate of drug-likeness (QED) is 0.381. The molecule has 0 radical (unpaired) electrons. The van der Waals surface area contributed by atoms with Gasteiger partial charge in [0, 0.05) is 13.0 Å². The van der Waals surface area contributed by atoms with Gasteiger partial charge in [-0.2, -0.15) is 0 Å². The second-order valence-electron chi connectivity index (χ2n) is 13.7. The minimum atomic E-state index is -0.948. The van der Waals surface area contributed by atoms with E-state index in [9.17, 15) is 19.8 Å². The molecule has 4 saturated carbocycles. The minimum absolute atomic E-state index is 0.0451. The Morgan fingerprint density at radius 3 is 2.37 bits per heavy atom. The van der Waals surface area contributed by atoms with E-state index in [1.54, 1.807) is 24.3 Å². The van der Waals surface area contributed by atoms with Crippen LogP contribution in [-0.4, -0.2) is 39.4 Å². The highest BCUT2D eigenvalue weighted by Gasteiger charge is 2.62. The summed E-state index contributed by atoms with van der Waals surface area (Å²) in [6, 6.07) is 6.64. The van der Waals surface area contributed by atoms with E-state index in [-0.39, 0.29) is 34.5 Å². The number of nitrogens with one attached hydrogen (secondary N) is 1. The van der Waals surface area contributed by atoms with Crippen molar-refractivity contribution < 1.29 is 24.9 Å². The molecule has 1 amide bonds. The van der Waals surface area contributed by atoms with Gasteiger partial charge in [-0.15, -0.1) is 0 Å². The zero-order chi connectivity index (χ0) is 27.2. The average Bonchev–Trinajstić information content (AvgIpc) is 3.24. The Morgan fingerprint density at radius 1 is 0.974 bits per heavy atom. The monoisotopic (exact) mass is 525 g/mol. The molecule has 3 unspecified atom stereocenters. The van der Waals surface area contributed by atoms with Crippen molar-refractivity contribution in [2.24, 2.45) is 46.3 Å². The Labute approximate surface area is 227 Å². The van der Waals surface area contributed by atoms with Gasteiger partial charge in [0.1, 0.15) is 0 Å². The van der Waals surface area contributed by atoms with Crippen molar-refractivity contribution in [1.82, 2.24) is 5.32 Å². The molecule has 10 atom stereocenters. The third-order valence-corrected chi connectivity index (χ3v) is 11.9. The fraction of sp³-hybridized carbons (Fsp3) is 0.750. The first kappa shape index (κ1) is 27.6. The molecule has 0 spiro atoms. The summed E-state index contributed by atoms with van der Waals surface area (Å²) in [4.78, 5) is 23.7. The van der Waals surface area contributed by atoms with Crippen LogP contribution in [0.1, 0.15) is 101 Å². The normalized spacial score (nSPS) is 40.9. The van der Waals surface area contributed by atoms with E-state index in [0.29, 0.717) is 48.5 Å². The molecule has 0 saturated heterocycles. The number of carboxylic acids is 1. The van der Waals surface area contributed by atoms with Crippen LogP contribution in [0.4, 0.5) is 0 Å². The lowest BCUT2D eigenvalue weighted by Crippen LogP contribution is -2.58. The topological polar surface area (TPSA) is 107 Å². The van der Waals surface area contributed by atoms with E-state index in [1.165, 1.54) is 25.7 Å². The molecule has 0 heterocycles. The number of benzene rings is 1. The standard InChI is InChI=1S/C32H47NO5/c1-19(4-11-28(36)33-18-20-5-7-21(8-6-20)30(37)38)24-9-10-25-29-26(13-15-32(24,25)3)31(2)14-12-23(34)16-22(31)17-27(29)35/h5-8,19,22-27,29,34-35H,4,9-18H2,1-3H3,(H,33,36)(H,37,38)/t19-,22+,23-,24?,25?,26?,27+,29+,31+,32-/m1/s1. The molecule has 6 nitrogen and oxygen atoms in total.